The zero-order chi connectivity index (χ0) is 13.7. The van der Waals surface area contributed by atoms with Gasteiger partial charge in [-0.05, 0) is 18.4 Å². The molecule has 1 rings (SSSR count). The lowest BCUT2D eigenvalue weighted by Crippen LogP contribution is -2.37. The van der Waals surface area contributed by atoms with E-state index >= 15 is 0 Å². The van der Waals surface area contributed by atoms with Crippen LogP contribution in [0.3, 0.4) is 0 Å². The molecule has 0 radical (unpaired) electrons. The van der Waals surface area contributed by atoms with Crippen LogP contribution in [-0.4, -0.2) is 42.0 Å². The van der Waals surface area contributed by atoms with E-state index in [1.807, 2.05) is 6.92 Å². The number of amidine groups is 1. The molecule has 3 N–H and O–H groups in total. The molecule has 1 aromatic heterocycles. The van der Waals surface area contributed by atoms with Crippen LogP contribution in [0.5, 0.6) is 5.75 Å². The van der Waals surface area contributed by atoms with E-state index < -0.39 is 0 Å². The number of hydrogen-bond acceptors (Lipinski definition) is 5. The molecule has 0 saturated carbocycles. The molecule has 0 bridgehead atoms. The number of carbonyl (C=O) groups is 1. The third-order valence-electron chi connectivity index (χ3n) is 2.66. The Kier molecular flexibility index (Phi) is 4.96. The number of rotatable bonds is 5. The van der Waals surface area contributed by atoms with Crippen LogP contribution in [0.15, 0.2) is 16.6 Å². The molecule has 0 aliphatic heterocycles. The molecular weight excluding hydrogens is 254 g/mol. The Bertz CT molecular complexity index is 444. The molecule has 0 aliphatic carbocycles. The summed E-state index contributed by atoms with van der Waals surface area (Å²) >= 11 is 1.33. The first-order valence-corrected chi connectivity index (χ1v) is 6.24. The molecule has 0 aromatic carbocycles. The van der Waals surface area contributed by atoms with Gasteiger partial charge in [0, 0.05) is 19.5 Å². The minimum absolute atomic E-state index is 0.0975. The largest absolute Gasteiger partial charge is 0.495 e. The monoisotopic (exact) mass is 271 g/mol. The van der Waals surface area contributed by atoms with Crippen molar-refractivity contribution in [3.63, 3.8) is 0 Å². The van der Waals surface area contributed by atoms with Crippen molar-refractivity contribution >= 4 is 23.1 Å². The van der Waals surface area contributed by atoms with Crippen LogP contribution in [0.4, 0.5) is 0 Å². The zero-order valence-electron chi connectivity index (χ0n) is 10.6. The van der Waals surface area contributed by atoms with Crippen molar-refractivity contribution in [2.75, 3.05) is 14.2 Å². The minimum atomic E-state index is -0.166. The number of nitrogens with two attached hydrogens (primary N) is 1. The second kappa shape index (κ2) is 6.25. The summed E-state index contributed by atoms with van der Waals surface area (Å²) in [6, 6.07) is 1.58. The second-order valence-electron chi connectivity index (χ2n) is 3.88. The highest BCUT2D eigenvalue weighted by atomic mass is 32.1. The quantitative estimate of drug-likeness (QED) is 0.366. The lowest BCUT2D eigenvalue weighted by molar-refractivity contribution is 0.0749. The van der Waals surface area contributed by atoms with Crippen LogP contribution < -0.4 is 10.5 Å². The lowest BCUT2D eigenvalue weighted by Gasteiger charge is -2.24. The topological polar surface area (TPSA) is 88.2 Å². The number of hydrogen-bond donors (Lipinski definition) is 2. The van der Waals surface area contributed by atoms with Gasteiger partial charge in [0.1, 0.15) is 16.5 Å². The molecule has 1 heterocycles. The SMILES string of the molecule is COc1ccsc1C(=O)N(C)C(C)C/C(N)=N/O. The number of amides is 1. The van der Waals surface area contributed by atoms with E-state index in [-0.39, 0.29) is 17.8 Å². The smallest absolute Gasteiger partial charge is 0.267 e. The van der Waals surface area contributed by atoms with Crippen LogP contribution in [0.25, 0.3) is 0 Å². The Morgan fingerprint density at radius 1 is 1.72 bits per heavy atom. The van der Waals surface area contributed by atoms with E-state index in [0.717, 1.165) is 0 Å². The van der Waals surface area contributed by atoms with E-state index in [4.69, 9.17) is 15.7 Å². The van der Waals surface area contributed by atoms with Crippen LogP contribution in [-0.2, 0) is 0 Å². The summed E-state index contributed by atoms with van der Waals surface area (Å²) < 4.78 is 5.11. The van der Waals surface area contributed by atoms with Gasteiger partial charge in [-0.25, -0.2) is 0 Å². The van der Waals surface area contributed by atoms with Gasteiger partial charge in [-0.15, -0.1) is 11.3 Å². The van der Waals surface area contributed by atoms with Crippen molar-refractivity contribution in [2.24, 2.45) is 10.9 Å². The third kappa shape index (κ3) is 3.13. The highest BCUT2D eigenvalue weighted by Crippen LogP contribution is 2.26. The molecule has 18 heavy (non-hydrogen) atoms. The molecule has 1 aromatic rings. The molecule has 6 nitrogen and oxygen atoms in total. The average molecular weight is 271 g/mol. The van der Waals surface area contributed by atoms with E-state index in [9.17, 15) is 4.79 Å². The molecule has 0 fully saturated rings. The molecule has 0 aliphatic rings. The van der Waals surface area contributed by atoms with Crippen molar-refractivity contribution in [2.45, 2.75) is 19.4 Å². The second-order valence-corrected chi connectivity index (χ2v) is 4.79. The zero-order valence-corrected chi connectivity index (χ0v) is 11.4. The van der Waals surface area contributed by atoms with Gasteiger partial charge in [-0.3, -0.25) is 4.79 Å². The normalized spacial score (nSPS) is 13.2. The van der Waals surface area contributed by atoms with Crippen molar-refractivity contribution in [1.82, 2.24) is 4.90 Å². The molecule has 100 valence electrons. The molecular formula is C11H17N3O3S. The molecule has 1 amide bonds. The minimum Gasteiger partial charge on any atom is -0.495 e. The summed E-state index contributed by atoms with van der Waals surface area (Å²) in [5, 5.41) is 13.2. The fourth-order valence-corrected chi connectivity index (χ4v) is 2.29. The number of nitrogens with zero attached hydrogens (tertiary/aromatic N) is 2. The fourth-order valence-electron chi connectivity index (χ4n) is 1.45. The predicted octanol–water partition coefficient (Wildman–Crippen LogP) is 1.35. The standard InChI is InChI=1S/C11H17N3O3S/c1-7(6-9(12)13-16)14(2)11(15)10-8(17-3)4-5-18-10/h4-5,7,16H,6H2,1-3H3,(H2,12,13). The average Bonchev–Trinajstić information content (AvgIpc) is 2.84. The van der Waals surface area contributed by atoms with Crippen LogP contribution in [0, 0.1) is 0 Å². The number of ether oxygens (including phenoxy) is 1. The highest BCUT2D eigenvalue weighted by molar-refractivity contribution is 7.12. The maximum Gasteiger partial charge on any atom is 0.267 e. The van der Waals surface area contributed by atoms with Gasteiger partial charge in [-0.2, -0.15) is 0 Å². The number of methoxy groups -OCH3 is 1. The Hall–Kier alpha value is -1.76. The van der Waals surface area contributed by atoms with Gasteiger partial charge in [-0.1, -0.05) is 5.16 Å². The fraction of sp³-hybridized carbons (Fsp3) is 0.455. The maximum absolute atomic E-state index is 12.2. The summed E-state index contributed by atoms with van der Waals surface area (Å²) in [4.78, 5) is 14.3. The van der Waals surface area contributed by atoms with Crippen LogP contribution in [0.2, 0.25) is 0 Å². The summed E-state index contributed by atoms with van der Waals surface area (Å²) in [5.41, 5.74) is 5.43. The van der Waals surface area contributed by atoms with Crippen LogP contribution >= 0.6 is 11.3 Å². The van der Waals surface area contributed by atoms with E-state index in [0.29, 0.717) is 17.0 Å². The van der Waals surface area contributed by atoms with Gasteiger partial charge >= 0.3 is 0 Å². The summed E-state index contributed by atoms with van der Waals surface area (Å²) in [7, 11) is 3.20. The van der Waals surface area contributed by atoms with Crippen molar-refractivity contribution in [1.29, 1.82) is 0 Å². The van der Waals surface area contributed by atoms with Crippen LogP contribution in [0.1, 0.15) is 23.0 Å². The Labute approximate surface area is 110 Å². The molecule has 7 heteroatoms. The predicted molar refractivity (Wildman–Crippen MR) is 70.5 cm³/mol. The van der Waals surface area contributed by atoms with E-state index in [2.05, 4.69) is 5.16 Å². The molecule has 0 spiro atoms. The third-order valence-corrected chi connectivity index (χ3v) is 3.54. The molecule has 0 saturated heterocycles. The Morgan fingerprint density at radius 2 is 2.39 bits per heavy atom. The van der Waals surface area contributed by atoms with Gasteiger partial charge in [0.05, 0.1) is 7.11 Å². The van der Waals surface area contributed by atoms with E-state index in [1.165, 1.54) is 18.4 Å². The molecule has 1 unspecified atom stereocenters. The van der Waals surface area contributed by atoms with Gasteiger partial charge < -0.3 is 20.6 Å². The van der Waals surface area contributed by atoms with Crippen molar-refractivity contribution in [3.8, 4) is 5.75 Å². The van der Waals surface area contributed by atoms with Gasteiger partial charge in [0.2, 0.25) is 0 Å². The van der Waals surface area contributed by atoms with Gasteiger partial charge in [0.25, 0.3) is 5.91 Å². The first-order valence-electron chi connectivity index (χ1n) is 5.36. The first-order chi connectivity index (χ1) is 8.51. The maximum atomic E-state index is 12.2. The Morgan fingerprint density at radius 3 is 2.94 bits per heavy atom. The van der Waals surface area contributed by atoms with E-state index in [1.54, 1.807) is 23.4 Å². The summed E-state index contributed by atoms with van der Waals surface area (Å²) in [6.07, 6.45) is 0.312. The number of oxime groups is 1. The number of thiophene rings is 1. The highest BCUT2D eigenvalue weighted by Gasteiger charge is 2.22. The number of carbonyl (C=O) groups excluding carboxylic acids is 1. The van der Waals surface area contributed by atoms with Crippen molar-refractivity contribution < 1.29 is 14.7 Å². The molecule has 1 atom stereocenters. The summed E-state index contributed by atoms with van der Waals surface area (Å²) in [6.45, 7) is 1.83. The van der Waals surface area contributed by atoms with Gasteiger partial charge in [0.15, 0.2) is 0 Å². The first kappa shape index (κ1) is 14.3. The summed E-state index contributed by atoms with van der Waals surface area (Å²) in [5.74, 6) is 0.522. The van der Waals surface area contributed by atoms with Crippen molar-refractivity contribution in [3.05, 3.63) is 16.3 Å². The lowest BCUT2D eigenvalue weighted by atomic mass is 10.2. The Balaban J connectivity index is 2.78.